The van der Waals surface area contributed by atoms with Gasteiger partial charge in [-0.1, -0.05) is 13.3 Å². The third kappa shape index (κ3) is 7.41. The summed E-state index contributed by atoms with van der Waals surface area (Å²) in [5.41, 5.74) is -0.798. The number of nitrogens with zero attached hydrogens (tertiary/aromatic N) is 4. The van der Waals surface area contributed by atoms with Crippen molar-refractivity contribution in [2.45, 2.75) is 58.3 Å². The van der Waals surface area contributed by atoms with Crippen molar-refractivity contribution in [3.8, 4) is 0 Å². The van der Waals surface area contributed by atoms with E-state index in [9.17, 15) is 13.2 Å². The molecular weight excluding hydrogens is 484 g/mol. The third-order valence-electron chi connectivity index (χ3n) is 4.84. The quantitative estimate of drug-likeness (QED) is 0.332. The van der Waals surface area contributed by atoms with Crippen molar-refractivity contribution in [2.24, 2.45) is 12.0 Å². The molecule has 0 aromatic carbocycles. The number of halogens is 4. The number of nitrogens with one attached hydrogen (secondary N) is 2. The maximum atomic E-state index is 13.1. The van der Waals surface area contributed by atoms with E-state index in [1.807, 2.05) is 6.92 Å². The molecule has 2 heterocycles. The number of guanidine groups is 1. The number of alkyl halides is 3. The van der Waals surface area contributed by atoms with Crippen LogP contribution in [0.4, 0.5) is 13.2 Å². The van der Waals surface area contributed by atoms with Crippen LogP contribution in [0, 0.1) is 0 Å². The van der Waals surface area contributed by atoms with Crippen LogP contribution >= 0.6 is 24.0 Å². The van der Waals surface area contributed by atoms with Crippen LogP contribution in [0.1, 0.15) is 50.8 Å². The van der Waals surface area contributed by atoms with Gasteiger partial charge in [-0.25, -0.2) is 4.99 Å². The first-order valence-electron chi connectivity index (χ1n) is 9.71. The van der Waals surface area contributed by atoms with Crippen molar-refractivity contribution >= 4 is 29.9 Å². The predicted octanol–water partition coefficient (Wildman–Crippen LogP) is 3.38. The Morgan fingerprint density at radius 2 is 2.04 bits per heavy atom. The second kappa shape index (κ2) is 11.8. The zero-order chi connectivity index (χ0) is 19.9. The van der Waals surface area contributed by atoms with Crippen LogP contribution in [-0.2, 0) is 19.8 Å². The van der Waals surface area contributed by atoms with Gasteiger partial charge >= 0.3 is 6.18 Å². The Morgan fingerprint density at radius 1 is 1.29 bits per heavy atom. The van der Waals surface area contributed by atoms with Gasteiger partial charge in [-0.3, -0.25) is 9.58 Å². The first kappa shape index (κ1) is 25.0. The highest BCUT2D eigenvalue weighted by Crippen LogP contribution is 2.30. The molecule has 1 atom stereocenters. The van der Waals surface area contributed by atoms with Gasteiger partial charge in [-0.2, -0.15) is 18.3 Å². The maximum Gasteiger partial charge on any atom is 0.435 e. The van der Waals surface area contributed by atoms with Gasteiger partial charge in [0.25, 0.3) is 0 Å². The van der Waals surface area contributed by atoms with E-state index in [2.05, 4.69) is 32.5 Å². The van der Waals surface area contributed by atoms with Crippen LogP contribution in [0.5, 0.6) is 0 Å². The van der Waals surface area contributed by atoms with Crippen LogP contribution in [0.2, 0.25) is 0 Å². The van der Waals surface area contributed by atoms with Gasteiger partial charge in [0.15, 0.2) is 11.7 Å². The van der Waals surface area contributed by atoms with E-state index in [-0.39, 0.29) is 36.1 Å². The molecule has 1 aliphatic heterocycles. The molecule has 0 bridgehead atoms. The molecule has 0 aliphatic carbocycles. The Bertz CT molecular complexity index is 617. The smallest absolute Gasteiger partial charge is 0.357 e. The average molecular weight is 516 g/mol. The van der Waals surface area contributed by atoms with Crippen molar-refractivity contribution < 1.29 is 13.2 Å². The van der Waals surface area contributed by atoms with Crippen LogP contribution in [0.15, 0.2) is 11.2 Å². The molecule has 1 unspecified atom stereocenters. The predicted molar refractivity (Wildman–Crippen MR) is 116 cm³/mol. The minimum absolute atomic E-state index is 0. The molecule has 1 aliphatic rings. The van der Waals surface area contributed by atoms with Crippen LogP contribution < -0.4 is 10.6 Å². The van der Waals surface area contributed by atoms with Gasteiger partial charge in [0.05, 0.1) is 6.54 Å². The van der Waals surface area contributed by atoms with Gasteiger partial charge in [0.2, 0.25) is 0 Å². The summed E-state index contributed by atoms with van der Waals surface area (Å²) in [5, 5.41) is 9.85. The first-order valence-corrected chi connectivity index (χ1v) is 9.71. The highest BCUT2D eigenvalue weighted by molar-refractivity contribution is 14.0. The molecule has 28 heavy (non-hydrogen) atoms. The average Bonchev–Trinajstić information content (AvgIpc) is 3.01. The highest BCUT2D eigenvalue weighted by Gasteiger charge is 2.36. The number of hydrogen-bond acceptors (Lipinski definition) is 3. The van der Waals surface area contributed by atoms with Gasteiger partial charge < -0.3 is 10.6 Å². The summed E-state index contributed by atoms with van der Waals surface area (Å²) >= 11 is 0. The largest absolute Gasteiger partial charge is 0.435 e. The summed E-state index contributed by atoms with van der Waals surface area (Å²) in [5.74, 6) is 0.527. The van der Waals surface area contributed by atoms with E-state index >= 15 is 0 Å². The summed E-state index contributed by atoms with van der Waals surface area (Å²) in [6.45, 7) is 7.45. The van der Waals surface area contributed by atoms with E-state index < -0.39 is 11.9 Å². The van der Waals surface area contributed by atoms with Crippen LogP contribution in [-0.4, -0.2) is 52.9 Å². The van der Waals surface area contributed by atoms with E-state index in [4.69, 9.17) is 0 Å². The van der Waals surface area contributed by atoms with Gasteiger partial charge in [-0.15, -0.1) is 24.0 Å². The lowest BCUT2D eigenvalue weighted by Crippen LogP contribution is -2.45. The SMILES string of the molecule is CCNC(=NCc1cn(C)nc1C(F)(F)F)NCCN1CCCCC1CC.I. The molecule has 2 N–H and O–H groups in total. The molecule has 0 saturated carbocycles. The number of aromatic nitrogens is 2. The Balaban J connectivity index is 0.00000392. The third-order valence-corrected chi connectivity index (χ3v) is 4.84. The molecule has 0 amide bonds. The fourth-order valence-corrected chi connectivity index (χ4v) is 3.53. The minimum Gasteiger partial charge on any atom is -0.357 e. The number of likely N-dealkylation sites (tertiary alicyclic amines) is 1. The number of piperidine rings is 1. The summed E-state index contributed by atoms with van der Waals surface area (Å²) in [6, 6.07) is 0.629. The zero-order valence-electron chi connectivity index (χ0n) is 16.8. The number of rotatable bonds is 7. The number of aliphatic imine (C=N–C) groups is 1. The van der Waals surface area contributed by atoms with Crippen molar-refractivity contribution in [3.63, 3.8) is 0 Å². The van der Waals surface area contributed by atoms with E-state index in [0.717, 1.165) is 19.5 Å². The molecule has 10 heteroatoms. The number of hydrogen-bond donors (Lipinski definition) is 2. The Hall–Kier alpha value is -1.04. The molecule has 1 aromatic rings. The molecule has 1 saturated heterocycles. The van der Waals surface area contributed by atoms with E-state index in [1.54, 1.807) is 0 Å². The molecule has 0 radical (unpaired) electrons. The standard InChI is InChI=1S/C18H31F3N6.HI/c1-4-15-8-6-7-10-27(15)11-9-23-17(22-5-2)24-12-14-13-26(3)25-16(14)18(19,20)21;/h13,15H,4-12H2,1-3H3,(H2,22,23,24);1H. The van der Waals surface area contributed by atoms with Gasteiger partial charge in [0, 0.05) is 44.5 Å². The van der Waals surface area contributed by atoms with Crippen molar-refractivity contribution in [1.82, 2.24) is 25.3 Å². The van der Waals surface area contributed by atoms with Crippen molar-refractivity contribution in [1.29, 1.82) is 0 Å². The molecule has 6 nitrogen and oxygen atoms in total. The normalized spacial score (nSPS) is 18.6. The highest BCUT2D eigenvalue weighted by atomic mass is 127. The molecule has 1 fully saturated rings. The molecule has 2 rings (SSSR count). The molecule has 162 valence electrons. The summed E-state index contributed by atoms with van der Waals surface area (Å²) in [6.07, 6.45) is 1.81. The molecular formula is C18H32F3IN6. The monoisotopic (exact) mass is 516 g/mol. The molecule has 0 spiro atoms. The summed E-state index contributed by atoms with van der Waals surface area (Å²) in [7, 11) is 1.48. The molecule has 1 aromatic heterocycles. The van der Waals surface area contributed by atoms with Crippen molar-refractivity contribution in [2.75, 3.05) is 26.2 Å². The lowest BCUT2D eigenvalue weighted by Gasteiger charge is -2.35. The summed E-state index contributed by atoms with van der Waals surface area (Å²) < 4.78 is 40.3. The second-order valence-corrected chi connectivity index (χ2v) is 6.89. The Labute approximate surface area is 182 Å². The lowest BCUT2D eigenvalue weighted by molar-refractivity contribution is -0.142. The minimum atomic E-state index is -4.47. The van der Waals surface area contributed by atoms with E-state index in [0.29, 0.717) is 25.1 Å². The lowest BCUT2D eigenvalue weighted by atomic mass is 10.0. The fourth-order valence-electron chi connectivity index (χ4n) is 3.53. The van der Waals surface area contributed by atoms with Gasteiger partial charge in [0.1, 0.15) is 0 Å². The Kier molecular flexibility index (Phi) is 10.6. The number of aryl methyl sites for hydroxylation is 1. The maximum absolute atomic E-state index is 13.1. The van der Waals surface area contributed by atoms with Crippen molar-refractivity contribution in [3.05, 3.63) is 17.5 Å². The summed E-state index contributed by atoms with van der Waals surface area (Å²) in [4.78, 5) is 6.80. The van der Waals surface area contributed by atoms with Crippen LogP contribution in [0.25, 0.3) is 0 Å². The van der Waals surface area contributed by atoms with E-state index in [1.165, 1.54) is 37.2 Å². The zero-order valence-corrected chi connectivity index (χ0v) is 19.2. The van der Waals surface area contributed by atoms with Gasteiger partial charge in [-0.05, 0) is 32.7 Å². The second-order valence-electron chi connectivity index (χ2n) is 6.89. The topological polar surface area (TPSA) is 57.5 Å². The first-order chi connectivity index (χ1) is 12.8. The Morgan fingerprint density at radius 3 is 2.68 bits per heavy atom. The fraction of sp³-hybridized carbons (Fsp3) is 0.778. The van der Waals surface area contributed by atoms with Crippen LogP contribution in [0.3, 0.4) is 0 Å².